The van der Waals surface area contributed by atoms with Crippen LogP contribution in [0.25, 0.3) is 0 Å². The van der Waals surface area contributed by atoms with E-state index in [1.165, 1.54) is 12.0 Å². The molecule has 1 atom stereocenters. The van der Waals surface area contributed by atoms with Crippen LogP contribution in [0.5, 0.6) is 0 Å². The van der Waals surface area contributed by atoms with Crippen LogP contribution in [0, 0.1) is 0 Å². The Labute approximate surface area is 94.8 Å². The van der Waals surface area contributed by atoms with Crippen LogP contribution >= 0.6 is 0 Å². The van der Waals surface area contributed by atoms with E-state index in [0.717, 1.165) is 0 Å². The van der Waals surface area contributed by atoms with Crippen LogP contribution in [-0.4, -0.2) is 53.7 Å². The summed E-state index contributed by atoms with van der Waals surface area (Å²) in [6, 6.07) is 0. The average Bonchev–Trinajstić information content (AvgIpc) is 2.46. The highest BCUT2D eigenvalue weighted by Gasteiger charge is 2.33. The third-order valence-electron chi connectivity index (χ3n) is 1.99. The Balaban J connectivity index is 2.59. The Bertz CT molecular complexity index is 296. The van der Waals surface area contributed by atoms with Gasteiger partial charge in [0.15, 0.2) is 0 Å². The number of hydrogen-bond acceptors (Lipinski definition) is 5. The lowest BCUT2D eigenvalue weighted by Gasteiger charge is -2.23. The fourth-order valence-electron chi connectivity index (χ4n) is 1.35. The van der Waals surface area contributed by atoms with Crippen molar-refractivity contribution in [3.63, 3.8) is 0 Å². The van der Waals surface area contributed by atoms with E-state index >= 15 is 0 Å². The lowest BCUT2D eigenvalue weighted by atomic mass is 10.2. The van der Waals surface area contributed by atoms with Crippen molar-refractivity contribution in [3.05, 3.63) is 0 Å². The molecule has 0 aromatic heterocycles. The monoisotopic (exact) mass is 230 g/mol. The highest BCUT2D eigenvalue weighted by Crippen LogP contribution is 2.14. The molecule has 92 valence electrons. The summed E-state index contributed by atoms with van der Waals surface area (Å²) >= 11 is 0. The molecule has 1 rings (SSSR count). The molecule has 1 aliphatic rings. The number of carbonyl (C=O) groups is 1. The predicted molar refractivity (Wildman–Crippen MR) is 58.3 cm³/mol. The van der Waals surface area contributed by atoms with Gasteiger partial charge in [0.2, 0.25) is 0 Å². The maximum Gasteiger partial charge on any atom is 0.410 e. The van der Waals surface area contributed by atoms with Crippen molar-refractivity contribution < 1.29 is 19.5 Å². The predicted octanol–water partition coefficient (Wildman–Crippen LogP) is 0.600. The van der Waals surface area contributed by atoms with Crippen LogP contribution in [-0.2, 0) is 9.57 Å². The van der Waals surface area contributed by atoms with E-state index in [9.17, 15) is 9.90 Å². The molecule has 1 amide bonds. The second kappa shape index (κ2) is 4.69. The SMILES string of the molecule is CON=C1CN(C(=O)OC(C)(C)C)CC1O. The molecule has 0 radical (unpaired) electrons. The van der Waals surface area contributed by atoms with Crippen molar-refractivity contribution in [1.29, 1.82) is 0 Å². The average molecular weight is 230 g/mol. The molecule has 0 saturated carbocycles. The first-order valence-corrected chi connectivity index (χ1v) is 5.09. The van der Waals surface area contributed by atoms with Gasteiger partial charge in [-0.15, -0.1) is 0 Å². The van der Waals surface area contributed by atoms with E-state index < -0.39 is 17.8 Å². The second-order valence-electron chi connectivity index (χ2n) is 4.64. The number of aliphatic hydroxyl groups excluding tert-OH is 1. The maximum absolute atomic E-state index is 11.7. The summed E-state index contributed by atoms with van der Waals surface area (Å²) in [7, 11) is 1.40. The van der Waals surface area contributed by atoms with Crippen LogP contribution < -0.4 is 0 Å². The van der Waals surface area contributed by atoms with E-state index in [1.54, 1.807) is 20.8 Å². The molecule has 0 spiro atoms. The molecule has 6 nitrogen and oxygen atoms in total. The van der Waals surface area contributed by atoms with E-state index in [0.29, 0.717) is 5.71 Å². The molecule has 0 aromatic carbocycles. The van der Waals surface area contributed by atoms with Gasteiger partial charge in [-0.2, -0.15) is 0 Å². The summed E-state index contributed by atoms with van der Waals surface area (Å²) in [6.45, 7) is 5.81. The van der Waals surface area contributed by atoms with Crippen LogP contribution in [0.15, 0.2) is 5.16 Å². The third-order valence-corrected chi connectivity index (χ3v) is 1.99. The van der Waals surface area contributed by atoms with Crippen molar-refractivity contribution in [2.75, 3.05) is 20.2 Å². The molecule has 1 fully saturated rings. The molecule has 0 bridgehead atoms. The molecule has 0 aliphatic carbocycles. The topological polar surface area (TPSA) is 71.4 Å². The smallest absolute Gasteiger partial charge is 0.410 e. The fourth-order valence-corrected chi connectivity index (χ4v) is 1.35. The van der Waals surface area contributed by atoms with Crippen molar-refractivity contribution in [1.82, 2.24) is 4.90 Å². The van der Waals surface area contributed by atoms with Crippen LogP contribution in [0.1, 0.15) is 20.8 Å². The maximum atomic E-state index is 11.7. The Hall–Kier alpha value is -1.30. The largest absolute Gasteiger partial charge is 0.444 e. The number of aliphatic hydroxyl groups is 1. The summed E-state index contributed by atoms with van der Waals surface area (Å²) in [5.74, 6) is 0. The first-order valence-electron chi connectivity index (χ1n) is 5.09. The van der Waals surface area contributed by atoms with Crippen LogP contribution in [0.4, 0.5) is 4.79 Å². The number of rotatable bonds is 1. The molecule has 1 unspecified atom stereocenters. The number of oxime groups is 1. The number of carbonyl (C=O) groups excluding carboxylic acids is 1. The summed E-state index contributed by atoms with van der Waals surface area (Å²) in [5.41, 5.74) is -0.100. The fraction of sp³-hybridized carbons (Fsp3) is 0.800. The zero-order chi connectivity index (χ0) is 12.3. The highest BCUT2D eigenvalue weighted by molar-refractivity contribution is 5.95. The molecule has 6 heteroatoms. The van der Waals surface area contributed by atoms with Crippen molar-refractivity contribution in [2.45, 2.75) is 32.5 Å². The first-order chi connectivity index (χ1) is 7.33. The van der Waals surface area contributed by atoms with E-state index in [2.05, 4.69) is 9.99 Å². The van der Waals surface area contributed by atoms with Gasteiger partial charge in [-0.3, -0.25) is 4.90 Å². The Kier molecular flexibility index (Phi) is 3.74. The number of ether oxygens (including phenoxy) is 1. The minimum Gasteiger partial charge on any atom is -0.444 e. The normalized spacial score (nSPS) is 23.7. The number of β-amino-alcohol motifs (C(OH)–C–C–N with tert-alkyl or cyclic N) is 1. The van der Waals surface area contributed by atoms with Crippen molar-refractivity contribution in [2.24, 2.45) is 5.16 Å². The Morgan fingerprint density at radius 1 is 1.56 bits per heavy atom. The van der Waals surface area contributed by atoms with Gasteiger partial charge in [-0.1, -0.05) is 5.16 Å². The van der Waals surface area contributed by atoms with Crippen molar-refractivity contribution >= 4 is 11.8 Å². The molecular weight excluding hydrogens is 212 g/mol. The Morgan fingerprint density at radius 2 is 2.19 bits per heavy atom. The summed E-state index contributed by atoms with van der Waals surface area (Å²) < 4.78 is 5.18. The van der Waals surface area contributed by atoms with Crippen LogP contribution in [0.3, 0.4) is 0 Å². The van der Waals surface area contributed by atoms with Gasteiger partial charge in [-0.05, 0) is 20.8 Å². The quantitative estimate of drug-likeness (QED) is 0.670. The van der Waals surface area contributed by atoms with Gasteiger partial charge < -0.3 is 14.7 Å². The molecule has 1 saturated heterocycles. The first kappa shape index (κ1) is 12.8. The highest BCUT2D eigenvalue weighted by atomic mass is 16.6. The summed E-state index contributed by atoms with van der Waals surface area (Å²) in [6.07, 6.45) is -1.22. The number of amides is 1. The van der Waals surface area contributed by atoms with Gasteiger partial charge in [0.1, 0.15) is 24.5 Å². The molecule has 0 aromatic rings. The summed E-state index contributed by atoms with van der Waals surface area (Å²) in [4.78, 5) is 17.6. The van der Waals surface area contributed by atoms with Gasteiger partial charge in [0.05, 0.1) is 13.1 Å². The molecular formula is C10H18N2O4. The second-order valence-corrected chi connectivity index (χ2v) is 4.64. The van der Waals surface area contributed by atoms with Gasteiger partial charge in [0.25, 0.3) is 0 Å². The minimum absolute atomic E-state index is 0.192. The Morgan fingerprint density at radius 3 is 2.69 bits per heavy atom. The van der Waals surface area contributed by atoms with E-state index in [-0.39, 0.29) is 13.1 Å². The van der Waals surface area contributed by atoms with Gasteiger partial charge in [-0.25, -0.2) is 4.79 Å². The molecule has 1 N–H and O–H groups in total. The zero-order valence-electron chi connectivity index (χ0n) is 10.1. The lowest BCUT2D eigenvalue weighted by Crippen LogP contribution is -2.35. The molecule has 1 heterocycles. The third kappa shape index (κ3) is 3.37. The standard InChI is InChI=1S/C10H18N2O4/c1-10(2,3)16-9(14)12-5-7(11-15-4)8(13)6-12/h8,13H,5-6H2,1-4H3. The number of hydrogen-bond donors (Lipinski definition) is 1. The van der Waals surface area contributed by atoms with E-state index in [4.69, 9.17) is 4.74 Å². The number of likely N-dealkylation sites (tertiary alicyclic amines) is 1. The van der Waals surface area contributed by atoms with Gasteiger partial charge in [0, 0.05) is 0 Å². The lowest BCUT2D eigenvalue weighted by molar-refractivity contribution is 0.0270. The van der Waals surface area contributed by atoms with Crippen LogP contribution in [0.2, 0.25) is 0 Å². The molecule has 1 aliphatic heterocycles. The minimum atomic E-state index is -0.771. The van der Waals surface area contributed by atoms with Crippen molar-refractivity contribution in [3.8, 4) is 0 Å². The molecule has 16 heavy (non-hydrogen) atoms. The number of nitrogens with zero attached hydrogens (tertiary/aromatic N) is 2. The zero-order valence-corrected chi connectivity index (χ0v) is 10.1. The summed E-state index contributed by atoms with van der Waals surface area (Å²) in [5, 5.41) is 13.2. The van der Waals surface area contributed by atoms with Gasteiger partial charge >= 0.3 is 6.09 Å². The van der Waals surface area contributed by atoms with E-state index in [1.807, 2.05) is 0 Å².